The molecule has 0 atom stereocenters. The van der Waals surface area contributed by atoms with Gasteiger partial charge in [-0.15, -0.1) is 23.1 Å². The molecule has 1 aliphatic heterocycles. The molecular weight excluding hydrogens is 388 g/mol. The third-order valence-electron chi connectivity index (χ3n) is 3.82. The molecule has 8 heteroatoms. The first-order valence-corrected chi connectivity index (χ1v) is 10.8. The summed E-state index contributed by atoms with van der Waals surface area (Å²) in [7, 11) is 0. The van der Waals surface area contributed by atoms with Gasteiger partial charge < -0.3 is 9.47 Å². The Morgan fingerprint density at radius 3 is 2.73 bits per heavy atom. The number of aromatic nitrogens is 1. The van der Waals surface area contributed by atoms with Crippen molar-refractivity contribution in [3.63, 3.8) is 0 Å². The second-order valence-electron chi connectivity index (χ2n) is 5.57. The van der Waals surface area contributed by atoms with Crippen LogP contribution in [0.4, 0.5) is 5.13 Å². The second-order valence-corrected chi connectivity index (χ2v) is 8.73. The number of thiazole rings is 1. The van der Waals surface area contributed by atoms with Crippen molar-refractivity contribution in [3.8, 4) is 21.9 Å². The van der Waals surface area contributed by atoms with Crippen LogP contribution in [-0.4, -0.2) is 30.4 Å². The maximum absolute atomic E-state index is 12.5. The summed E-state index contributed by atoms with van der Waals surface area (Å²) in [5.74, 6) is 1.37. The zero-order chi connectivity index (χ0) is 18.1. The lowest BCUT2D eigenvalue weighted by molar-refractivity contribution is 0.103. The molecular formula is C18H16N2O3S3. The smallest absolute Gasteiger partial charge is 0.267 e. The van der Waals surface area contributed by atoms with Gasteiger partial charge in [-0.25, -0.2) is 4.98 Å². The van der Waals surface area contributed by atoms with Crippen LogP contribution >= 0.6 is 34.4 Å². The fraction of sp³-hybridized carbons (Fsp3) is 0.222. The molecule has 0 aliphatic carbocycles. The Morgan fingerprint density at radius 1 is 1.15 bits per heavy atom. The molecule has 134 valence electrons. The summed E-state index contributed by atoms with van der Waals surface area (Å²) < 4.78 is 12.3. The fourth-order valence-corrected chi connectivity index (χ4v) is 5.10. The Morgan fingerprint density at radius 2 is 1.96 bits per heavy atom. The fourth-order valence-electron chi connectivity index (χ4n) is 2.60. The number of carbonyl (C=O) groups excluding carboxylic acids is 1. The predicted molar refractivity (Wildman–Crippen MR) is 107 cm³/mol. The molecule has 1 aliphatic rings. The monoisotopic (exact) mass is 404 g/mol. The van der Waals surface area contributed by atoms with E-state index in [0.29, 0.717) is 23.2 Å². The van der Waals surface area contributed by atoms with Crippen LogP contribution in [0.5, 0.6) is 11.5 Å². The van der Waals surface area contributed by atoms with Crippen LogP contribution in [0.2, 0.25) is 0 Å². The molecule has 1 N–H and O–H groups in total. The van der Waals surface area contributed by atoms with E-state index in [2.05, 4.69) is 10.3 Å². The molecule has 3 aromatic rings. The lowest BCUT2D eigenvalue weighted by atomic mass is 10.1. The highest BCUT2D eigenvalue weighted by Crippen LogP contribution is 2.37. The molecule has 0 radical (unpaired) electrons. The van der Waals surface area contributed by atoms with E-state index < -0.39 is 0 Å². The van der Waals surface area contributed by atoms with Crippen molar-refractivity contribution in [2.24, 2.45) is 0 Å². The summed E-state index contributed by atoms with van der Waals surface area (Å²) in [6, 6.07) is 9.63. The lowest BCUT2D eigenvalue weighted by Crippen LogP contribution is -2.15. The standard InChI is InChI=1S/C18H16N2O3S3/c1-10-17(24-2)26-18(19-10)20-16(21)15-6-5-14(25-15)11-3-4-12-13(9-11)23-8-7-22-12/h3-6,9H,7-8H2,1-2H3,(H,19,20,21). The van der Waals surface area contributed by atoms with Crippen LogP contribution in [-0.2, 0) is 0 Å². The largest absolute Gasteiger partial charge is 0.486 e. The maximum atomic E-state index is 12.5. The molecule has 26 heavy (non-hydrogen) atoms. The summed E-state index contributed by atoms with van der Waals surface area (Å²) in [5.41, 5.74) is 1.95. The van der Waals surface area contributed by atoms with Gasteiger partial charge in [0.1, 0.15) is 13.2 Å². The van der Waals surface area contributed by atoms with Crippen molar-refractivity contribution in [1.29, 1.82) is 0 Å². The topological polar surface area (TPSA) is 60.5 Å². The molecule has 0 unspecified atom stereocenters. The van der Waals surface area contributed by atoms with Crippen molar-refractivity contribution in [2.45, 2.75) is 11.1 Å². The van der Waals surface area contributed by atoms with Crippen LogP contribution in [0.1, 0.15) is 15.4 Å². The summed E-state index contributed by atoms with van der Waals surface area (Å²) >= 11 is 4.58. The number of amides is 1. The zero-order valence-corrected chi connectivity index (χ0v) is 16.6. The SMILES string of the molecule is CSc1sc(NC(=O)c2ccc(-c3ccc4c(c3)OCCO4)s2)nc1C. The Kier molecular flexibility index (Phi) is 4.88. The minimum Gasteiger partial charge on any atom is -0.486 e. The molecule has 4 rings (SSSR count). The van der Waals surface area contributed by atoms with Crippen LogP contribution in [0, 0.1) is 6.92 Å². The Hall–Kier alpha value is -2.03. The highest BCUT2D eigenvalue weighted by Gasteiger charge is 2.16. The van der Waals surface area contributed by atoms with E-state index in [1.54, 1.807) is 11.8 Å². The van der Waals surface area contributed by atoms with Gasteiger partial charge in [-0.3, -0.25) is 10.1 Å². The number of aryl methyl sites for hydroxylation is 1. The van der Waals surface area contributed by atoms with E-state index in [4.69, 9.17) is 9.47 Å². The Labute approximate surface area is 163 Å². The van der Waals surface area contributed by atoms with Gasteiger partial charge in [0, 0.05) is 4.88 Å². The predicted octanol–water partition coefficient (Wildman–Crippen LogP) is 4.93. The number of nitrogens with one attached hydrogen (secondary N) is 1. The zero-order valence-electron chi connectivity index (χ0n) is 14.2. The highest BCUT2D eigenvalue weighted by atomic mass is 32.2. The molecule has 0 fully saturated rings. The van der Waals surface area contributed by atoms with Crippen LogP contribution in [0.3, 0.4) is 0 Å². The van der Waals surface area contributed by atoms with Gasteiger partial charge in [-0.05, 0) is 49.1 Å². The average molecular weight is 405 g/mol. The van der Waals surface area contributed by atoms with Gasteiger partial charge >= 0.3 is 0 Å². The van der Waals surface area contributed by atoms with Crippen molar-refractivity contribution >= 4 is 45.5 Å². The number of nitrogens with zero attached hydrogens (tertiary/aromatic N) is 1. The molecule has 0 spiro atoms. The normalized spacial score (nSPS) is 12.8. The molecule has 1 aromatic carbocycles. The van der Waals surface area contributed by atoms with Crippen molar-refractivity contribution in [3.05, 3.63) is 40.9 Å². The number of hydrogen-bond donors (Lipinski definition) is 1. The molecule has 3 heterocycles. The van der Waals surface area contributed by atoms with Crippen LogP contribution in [0.15, 0.2) is 34.5 Å². The van der Waals surface area contributed by atoms with Crippen LogP contribution in [0.25, 0.3) is 10.4 Å². The molecule has 1 amide bonds. The van der Waals surface area contributed by atoms with E-state index >= 15 is 0 Å². The number of rotatable bonds is 4. The summed E-state index contributed by atoms with van der Waals surface area (Å²) in [4.78, 5) is 18.6. The maximum Gasteiger partial charge on any atom is 0.267 e. The Bertz CT molecular complexity index is 964. The quantitative estimate of drug-likeness (QED) is 0.625. The summed E-state index contributed by atoms with van der Waals surface area (Å²) in [6.07, 6.45) is 2.00. The first kappa shape index (κ1) is 17.4. The first-order valence-electron chi connectivity index (χ1n) is 7.96. The van der Waals surface area contributed by atoms with Gasteiger partial charge in [0.05, 0.1) is 14.8 Å². The second kappa shape index (κ2) is 7.30. The number of fused-ring (bicyclic) bond motifs is 1. The molecule has 0 saturated heterocycles. The van der Waals surface area contributed by atoms with Gasteiger partial charge in [-0.1, -0.05) is 11.3 Å². The summed E-state index contributed by atoms with van der Waals surface area (Å²) in [5, 5.41) is 3.52. The van der Waals surface area contributed by atoms with Gasteiger partial charge in [0.2, 0.25) is 0 Å². The number of benzene rings is 1. The minimum atomic E-state index is -0.139. The van der Waals surface area contributed by atoms with Gasteiger partial charge in [0.15, 0.2) is 16.6 Å². The summed E-state index contributed by atoms with van der Waals surface area (Å²) in [6.45, 7) is 3.08. The average Bonchev–Trinajstić information content (AvgIpc) is 3.28. The highest BCUT2D eigenvalue weighted by molar-refractivity contribution is 8.00. The third kappa shape index (κ3) is 3.44. The molecule has 0 saturated carbocycles. The van der Waals surface area contributed by atoms with E-state index in [1.165, 1.54) is 22.7 Å². The van der Waals surface area contributed by atoms with E-state index in [0.717, 1.165) is 31.8 Å². The number of carbonyl (C=O) groups is 1. The third-order valence-corrected chi connectivity index (χ3v) is 7.23. The minimum absolute atomic E-state index is 0.139. The molecule has 0 bridgehead atoms. The number of hydrogen-bond acceptors (Lipinski definition) is 7. The van der Waals surface area contributed by atoms with Gasteiger partial charge in [-0.2, -0.15) is 0 Å². The number of thioether (sulfide) groups is 1. The van der Waals surface area contributed by atoms with Gasteiger partial charge in [0.25, 0.3) is 5.91 Å². The first-order chi connectivity index (χ1) is 12.6. The van der Waals surface area contributed by atoms with Crippen molar-refractivity contribution < 1.29 is 14.3 Å². The lowest BCUT2D eigenvalue weighted by Gasteiger charge is -2.18. The molecule has 5 nitrogen and oxygen atoms in total. The number of thiophene rings is 1. The van der Waals surface area contributed by atoms with Crippen molar-refractivity contribution in [1.82, 2.24) is 4.98 Å². The van der Waals surface area contributed by atoms with E-state index in [1.807, 2.05) is 43.5 Å². The van der Waals surface area contributed by atoms with Crippen LogP contribution < -0.4 is 14.8 Å². The number of anilines is 1. The Balaban J connectivity index is 1.52. The van der Waals surface area contributed by atoms with E-state index in [-0.39, 0.29) is 5.91 Å². The number of ether oxygens (including phenoxy) is 2. The van der Waals surface area contributed by atoms with Crippen molar-refractivity contribution in [2.75, 3.05) is 24.8 Å². The molecule has 2 aromatic heterocycles. The van der Waals surface area contributed by atoms with E-state index in [9.17, 15) is 4.79 Å².